The van der Waals surface area contributed by atoms with Crippen LogP contribution in [0.5, 0.6) is 0 Å². The molecule has 1 nitrogen and oxygen atoms in total. The fraction of sp³-hybridized carbons (Fsp3) is 0.0476. The molecule has 0 radical (unpaired) electrons. The van der Waals surface area contributed by atoms with Gasteiger partial charge in [0.15, 0.2) is 0 Å². The van der Waals surface area contributed by atoms with Gasteiger partial charge in [-0.1, -0.05) is 0 Å². The van der Waals surface area contributed by atoms with Crippen molar-refractivity contribution in [1.82, 2.24) is 4.57 Å². The maximum atomic E-state index is 2.44. The second-order valence-electron chi connectivity index (χ2n) is 5.98. The van der Waals surface area contributed by atoms with Crippen LogP contribution in [0.4, 0.5) is 0 Å². The first-order chi connectivity index (χ1) is 11.4. The van der Waals surface area contributed by atoms with Gasteiger partial charge in [-0.05, 0) is 0 Å². The van der Waals surface area contributed by atoms with Gasteiger partial charge in [0.25, 0.3) is 0 Å². The number of hydrogen-bond donors (Lipinski definition) is 0. The van der Waals surface area contributed by atoms with Gasteiger partial charge in [-0.2, -0.15) is 0 Å². The molecule has 1 heterocycles. The summed E-state index contributed by atoms with van der Waals surface area (Å²) in [6.45, 7) is 0. The molecule has 131 valence electrons. The number of halogens is 3. The van der Waals surface area contributed by atoms with Gasteiger partial charge < -0.3 is 0 Å². The van der Waals surface area contributed by atoms with Crippen molar-refractivity contribution in [1.29, 1.82) is 0 Å². The molecule has 26 heavy (non-hydrogen) atoms. The van der Waals surface area contributed by atoms with Gasteiger partial charge >= 0.3 is 151 Å². The van der Waals surface area contributed by atoms with Gasteiger partial charge in [-0.25, -0.2) is 0 Å². The molecule has 0 unspecified atom stereocenters. The molecule has 0 aliphatic heterocycles. The number of aromatic nitrogens is 1. The first kappa shape index (κ1) is 21.3. The summed E-state index contributed by atoms with van der Waals surface area (Å²) in [5.41, 5.74) is 8.31. The normalized spacial score (nSPS) is 13.9. The van der Waals surface area contributed by atoms with Gasteiger partial charge in [0.05, 0.1) is 0 Å². The van der Waals surface area contributed by atoms with Crippen LogP contribution in [0.3, 0.4) is 0 Å². The second kappa shape index (κ2) is 8.32. The molecule has 5 heteroatoms. The Balaban J connectivity index is 0.000000810. The molecule has 1 aromatic heterocycles. The number of allylic oxidation sites excluding steroid dienone is 5. The Kier molecular flexibility index (Phi) is 6.80. The Hall–Kier alpha value is -1.05. The molecule has 0 atom stereocenters. The van der Waals surface area contributed by atoms with Crippen molar-refractivity contribution < 1.29 is 24.7 Å². The van der Waals surface area contributed by atoms with E-state index in [0.717, 1.165) is 6.42 Å². The Morgan fingerprint density at radius 1 is 0.846 bits per heavy atom. The van der Waals surface area contributed by atoms with Crippen LogP contribution >= 0.6 is 37.2 Å². The van der Waals surface area contributed by atoms with Crippen LogP contribution in [0.2, 0.25) is 0 Å². The summed E-state index contributed by atoms with van der Waals surface area (Å²) in [4.78, 5) is 0. The SMILES string of the molecule is Cl.Cl.Cl.[Zr][C]1=C2CC=CC=C2c2c1c1ccccc1n2-c1ccccc1. The Labute approximate surface area is 186 Å². The van der Waals surface area contributed by atoms with E-state index in [-0.39, 0.29) is 37.2 Å². The Bertz CT molecular complexity index is 1050. The average Bonchev–Trinajstić information content (AvgIpc) is 3.10. The predicted octanol–water partition coefficient (Wildman–Crippen LogP) is 6.51. The molecule has 2 aliphatic carbocycles. The zero-order valence-corrected chi connectivity index (χ0v) is 18.7. The third-order valence-electron chi connectivity index (χ3n) is 4.74. The van der Waals surface area contributed by atoms with Crippen LogP contribution < -0.4 is 0 Å². The third kappa shape index (κ3) is 2.98. The predicted molar refractivity (Wildman–Crippen MR) is 114 cm³/mol. The molecular weight excluding hydrogens is 464 g/mol. The number of hydrogen-bond acceptors (Lipinski definition) is 0. The van der Waals surface area contributed by atoms with Crippen molar-refractivity contribution in [2.24, 2.45) is 0 Å². The fourth-order valence-corrected chi connectivity index (χ4v) is 4.97. The third-order valence-corrected chi connectivity index (χ3v) is 6.10. The van der Waals surface area contributed by atoms with Gasteiger partial charge in [0, 0.05) is 0 Å². The minimum absolute atomic E-state index is 0. The summed E-state index contributed by atoms with van der Waals surface area (Å²) in [7, 11) is 0. The molecule has 0 spiro atoms. The average molecular weight is 481 g/mol. The first-order valence-corrected chi connectivity index (χ1v) is 9.11. The molecule has 2 aromatic carbocycles. The number of rotatable bonds is 1. The van der Waals surface area contributed by atoms with Gasteiger partial charge in [-0.3, -0.25) is 0 Å². The van der Waals surface area contributed by atoms with Crippen molar-refractivity contribution in [3.63, 3.8) is 0 Å². The zero-order valence-electron chi connectivity index (χ0n) is 13.8. The molecule has 0 saturated carbocycles. The molecule has 3 aromatic rings. The van der Waals surface area contributed by atoms with Crippen LogP contribution in [-0.4, -0.2) is 4.57 Å². The molecule has 0 amide bonds. The van der Waals surface area contributed by atoms with E-state index in [4.69, 9.17) is 0 Å². The number of para-hydroxylation sites is 2. The standard InChI is InChI=1S/C21H14N.3ClH.Zr/c1-2-9-16(10-3-1)22-20-13-7-6-12-18(20)19-14-15-8-4-5-11-17(15)21(19)22;;;;/h1-7,9-13H,8H2;3*1H;. The van der Waals surface area contributed by atoms with Crippen LogP contribution in [0, 0.1) is 0 Å². The second-order valence-corrected chi connectivity index (χ2v) is 7.21. The van der Waals surface area contributed by atoms with Crippen LogP contribution in [0.1, 0.15) is 17.7 Å². The molecule has 0 saturated heterocycles. The van der Waals surface area contributed by atoms with Gasteiger partial charge in [-0.15, -0.1) is 37.2 Å². The van der Waals surface area contributed by atoms with Crippen molar-refractivity contribution >= 4 is 57.0 Å². The summed E-state index contributed by atoms with van der Waals surface area (Å²) in [5, 5.41) is 1.38. The van der Waals surface area contributed by atoms with E-state index in [9.17, 15) is 0 Å². The molecule has 0 N–H and O–H groups in total. The van der Waals surface area contributed by atoms with Crippen LogP contribution in [0.25, 0.3) is 25.4 Å². The summed E-state index contributed by atoms with van der Waals surface area (Å²) in [6, 6.07) is 19.5. The summed E-state index contributed by atoms with van der Waals surface area (Å²) < 4.78 is 3.96. The van der Waals surface area contributed by atoms with E-state index < -0.39 is 0 Å². The van der Waals surface area contributed by atoms with E-state index in [1.54, 1.807) is 0 Å². The quantitative estimate of drug-likeness (QED) is 0.374. The monoisotopic (exact) mass is 478 g/mol. The number of benzene rings is 2. The Morgan fingerprint density at radius 2 is 1.54 bits per heavy atom. The molecular formula is C21H17Cl3NZr. The molecule has 0 bridgehead atoms. The van der Waals surface area contributed by atoms with Crippen molar-refractivity contribution in [2.75, 3.05) is 0 Å². The summed E-state index contributed by atoms with van der Waals surface area (Å²) in [5.74, 6) is 0. The first-order valence-electron chi connectivity index (χ1n) is 7.88. The van der Waals surface area contributed by atoms with Crippen molar-refractivity contribution in [3.05, 3.63) is 89.7 Å². The number of nitrogens with zero attached hydrogens (tertiary/aromatic N) is 1. The van der Waals surface area contributed by atoms with Gasteiger partial charge in [0.1, 0.15) is 0 Å². The van der Waals surface area contributed by atoms with E-state index in [1.165, 1.54) is 67.0 Å². The molecule has 5 rings (SSSR count). The van der Waals surface area contributed by atoms with E-state index in [2.05, 4.69) is 77.4 Å². The van der Waals surface area contributed by atoms with E-state index in [1.807, 2.05) is 0 Å². The summed E-state index contributed by atoms with van der Waals surface area (Å²) >= 11 is 1.50. The fourth-order valence-electron chi connectivity index (χ4n) is 3.76. The van der Waals surface area contributed by atoms with Crippen molar-refractivity contribution in [2.45, 2.75) is 6.42 Å². The van der Waals surface area contributed by atoms with Crippen LogP contribution in [-0.2, 0) is 24.7 Å². The van der Waals surface area contributed by atoms with Crippen molar-refractivity contribution in [3.8, 4) is 5.69 Å². The van der Waals surface area contributed by atoms with E-state index in [0.29, 0.717) is 0 Å². The number of fused-ring (bicyclic) bond motifs is 5. The van der Waals surface area contributed by atoms with E-state index >= 15 is 0 Å². The molecule has 0 fully saturated rings. The topological polar surface area (TPSA) is 4.93 Å². The maximum absolute atomic E-state index is 2.44. The van der Waals surface area contributed by atoms with Crippen LogP contribution in [0.15, 0.2) is 78.4 Å². The molecule has 2 aliphatic rings. The van der Waals surface area contributed by atoms with Gasteiger partial charge in [0.2, 0.25) is 0 Å². The minimum atomic E-state index is 0. The Morgan fingerprint density at radius 3 is 2.31 bits per heavy atom. The summed E-state index contributed by atoms with van der Waals surface area (Å²) in [6.07, 6.45) is 7.81. The zero-order chi connectivity index (χ0) is 15.4.